The Balaban J connectivity index is 2.01. The van der Waals surface area contributed by atoms with Gasteiger partial charge >= 0.3 is 0 Å². The number of nitrogens with one attached hydrogen (secondary N) is 1. The summed E-state index contributed by atoms with van der Waals surface area (Å²) in [5, 5.41) is 13.9. The van der Waals surface area contributed by atoms with Crippen LogP contribution in [0.3, 0.4) is 0 Å². The van der Waals surface area contributed by atoms with Gasteiger partial charge in [-0.15, -0.1) is 0 Å². The molecule has 0 amide bonds. The van der Waals surface area contributed by atoms with E-state index in [2.05, 4.69) is 29.6 Å². The first kappa shape index (κ1) is 9.40. The first-order valence-electron chi connectivity index (χ1n) is 5.98. The van der Waals surface area contributed by atoms with E-state index in [1.807, 2.05) is 24.3 Å². The van der Waals surface area contributed by atoms with Crippen molar-refractivity contribution in [3.05, 3.63) is 70.8 Å². The highest BCUT2D eigenvalue weighted by Gasteiger charge is 2.41. The molecule has 0 saturated heterocycles. The van der Waals surface area contributed by atoms with Crippen LogP contribution in [0.4, 0.5) is 0 Å². The normalized spacial score (nSPS) is 28.6. The second-order valence-corrected chi connectivity index (χ2v) is 4.78. The van der Waals surface area contributed by atoms with E-state index in [0.717, 1.165) is 5.56 Å². The van der Waals surface area contributed by atoms with Gasteiger partial charge in [-0.05, 0) is 22.3 Å². The summed E-state index contributed by atoms with van der Waals surface area (Å²) in [7, 11) is 0. The second kappa shape index (κ2) is 3.19. The van der Waals surface area contributed by atoms with Gasteiger partial charge in [-0.3, -0.25) is 5.32 Å². The molecular weight excluding hydrogens is 210 g/mol. The van der Waals surface area contributed by atoms with Crippen molar-refractivity contribution in [1.29, 1.82) is 0 Å². The standard InChI is InChI=1S/C15H13NO/c17-15-12-8-4-3-7-11(12)13-9-5-1-2-6-10(9)14(15)16-13/h1-8,13-17H/t13?,14?,15-/m1/s1. The number of fused-ring (bicyclic) bond motifs is 7. The zero-order chi connectivity index (χ0) is 11.4. The van der Waals surface area contributed by atoms with Crippen molar-refractivity contribution in [3.8, 4) is 0 Å². The Hall–Kier alpha value is -1.64. The summed E-state index contributed by atoms with van der Waals surface area (Å²) < 4.78 is 0. The third-order valence-electron chi connectivity index (χ3n) is 3.93. The van der Waals surface area contributed by atoms with Crippen LogP contribution in [0.5, 0.6) is 0 Å². The number of rotatable bonds is 0. The SMILES string of the molecule is O[C@@H]1c2ccccc2C2NC1c1ccccc12. The summed E-state index contributed by atoms with van der Waals surface area (Å²) in [4.78, 5) is 0. The Labute approximate surface area is 99.9 Å². The monoisotopic (exact) mass is 223 g/mol. The van der Waals surface area contributed by atoms with Crippen LogP contribution in [-0.2, 0) is 0 Å². The number of hydrogen-bond acceptors (Lipinski definition) is 2. The molecule has 2 aliphatic rings. The van der Waals surface area contributed by atoms with Gasteiger partial charge < -0.3 is 5.11 Å². The lowest BCUT2D eigenvalue weighted by atomic mass is 9.91. The molecule has 84 valence electrons. The van der Waals surface area contributed by atoms with E-state index >= 15 is 0 Å². The molecule has 0 aromatic heterocycles. The molecule has 17 heavy (non-hydrogen) atoms. The van der Waals surface area contributed by atoms with Crippen LogP contribution < -0.4 is 5.32 Å². The van der Waals surface area contributed by atoms with Gasteiger partial charge in [0.1, 0.15) is 0 Å². The fourth-order valence-corrected chi connectivity index (χ4v) is 3.16. The third kappa shape index (κ3) is 1.11. The van der Waals surface area contributed by atoms with Crippen LogP contribution in [0.1, 0.15) is 40.4 Å². The van der Waals surface area contributed by atoms with Crippen LogP contribution >= 0.6 is 0 Å². The topological polar surface area (TPSA) is 32.3 Å². The largest absolute Gasteiger partial charge is 0.386 e. The molecule has 4 rings (SSSR count). The predicted molar refractivity (Wildman–Crippen MR) is 65.6 cm³/mol. The summed E-state index contributed by atoms with van der Waals surface area (Å²) in [5.74, 6) is 0. The van der Waals surface area contributed by atoms with E-state index in [1.165, 1.54) is 16.7 Å². The van der Waals surface area contributed by atoms with Crippen LogP contribution in [0.15, 0.2) is 48.5 Å². The number of aliphatic hydroxyl groups excluding tert-OH is 1. The molecule has 0 saturated carbocycles. The maximum absolute atomic E-state index is 10.4. The Kier molecular flexibility index (Phi) is 1.76. The zero-order valence-corrected chi connectivity index (χ0v) is 9.30. The van der Waals surface area contributed by atoms with E-state index in [4.69, 9.17) is 0 Å². The molecular formula is C15H13NO. The molecule has 2 heterocycles. The average molecular weight is 223 g/mol. The molecule has 2 N–H and O–H groups in total. The van der Waals surface area contributed by atoms with Gasteiger partial charge in [0, 0.05) is 0 Å². The molecule has 2 aliphatic heterocycles. The fourth-order valence-electron chi connectivity index (χ4n) is 3.16. The predicted octanol–water partition coefficient (Wildman–Crippen LogP) is 2.47. The smallest absolute Gasteiger partial charge is 0.0988 e. The van der Waals surface area contributed by atoms with Gasteiger partial charge in [-0.25, -0.2) is 0 Å². The van der Waals surface area contributed by atoms with Crippen molar-refractivity contribution in [2.24, 2.45) is 0 Å². The quantitative estimate of drug-likeness (QED) is 0.719. The van der Waals surface area contributed by atoms with Crippen molar-refractivity contribution in [3.63, 3.8) is 0 Å². The van der Waals surface area contributed by atoms with Crippen LogP contribution in [0.25, 0.3) is 0 Å². The summed E-state index contributed by atoms with van der Waals surface area (Å²) in [6.07, 6.45) is -0.439. The van der Waals surface area contributed by atoms with Crippen molar-refractivity contribution in [2.45, 2.75) is 18.2 Å². The van der Waals surface area contributed by atoms with Crippen LogP contribution in [0.2, 0.25) is 0 Å². The lowest BCUT2D eigenvalue weighted by molar-refractivity contribution is 0.121. The first-order valence-corrected chi connectivity index (χ1v) is 5.98. The molecule has 2 nitrogen and oxygen atoms in total. The third-order valence-corrected chi connectivity index (χ3v) is 3.93. The molecule has 2 bridgehead atoms. The van der Waals surface area contributed by atoms with Crippen molar-refractivity contribution in [2.75, 3.05) is 0 Å². The average Bonchev–Trinajstić information content (AvgIpc) is 2.73. The molecule has 3 atom stereocenters. The number of benzene rings is 2. The summed E-state index contributed by atoms with van der Waals surface area (Å²) in [5.41, 5.74) is 4.82. The molecule has 0 aliphatic carbocycles. The second-order valence-electron chi connectivity index (χ2n) is 4.78. The Bertz CT molecular complexity index is 593. The molecule has 2 heteroatoms. The van der Waals surface area contributed by atoms with Gasteiger partial charge in [-0.2, -0.15) is 0 Å². The minimum absolute atomic E-state index is 0.0473. The van der Waals surface area contributed by atoms with Gasteiger partial charge in [0.25, 0.3) is 0 Å². The van der Waals surface area contributed by atoms with E-state index < -0.39 is 6.10 Å². The maximum atomic E-state index is 10.4. The highest BCUT2D eigenvalue weighted by Crippen LogP contribution is 2.48. The Morgan fingerprint density at radius 1 is 0.765 bits per heavy atom. The van der Waals surface area contributed by atoms with Gasteiger partial charge in [0.2, 0.25) is 0 Å². The molecule has 0 fully saturated rings. The van der Waals surface area contributed by atoms with Crippen molar-refractivity contribution >= 4 is 0 Å². The Morgan fingerprint density at radius 2 is 1.29 bits per heavy atom. The van der Waals surface area contributed by atoms with E-state index in [9.17, 15) is 5.11 Å². The minimum atomic E-state index is -0.439. The molecule has 2 aromatic rings. The van der Waals surface area contributed by atoms with E-state index in [-0.39, 0.29) is 12.1 Å². The highest BCUT2D eigenvalue weighted by atomic mass is 16.3. The van der Waals surface area contributed by atoms with E-state index in [0.29, 0.717) is 0 Å². The van der Waals surface area contributed by atoms with Crippen molar-refractivity contribution < 1.29 is 5.11 Å². The van der Waals surface area contributed by atoms with Gasteiger partial charge in [0.05, 0.1) is 18.2 Å². The summed E-state index contributed by atoms with van der Waals surface area (Å²) >= 11 is 0. The summed E-state index contributed by atoms with van der Waals surface area (Å²) in [6, 6.07) is 16.8. The first-order chi connectivity index (χ1) is 8.36. The maximum Gasteiger partial charge on any atom is 0.0988 e. The van der Waals surface area contributed by atoms with Crippen molar-refractivity contribution in [1.82, 2.24) is 5.32 Å². The molecule has 2 unspecified atom stereocenters. The molecule has 0 radical (unpaired) electrons. The summed E-state index contributed by atoms with van der Waals surface area (Å²) in [6.45, 7) is 0. The molecule has 2 aromatic carbocycles. The van der Waals surface area contributed by atoms with Crippen LogP contribution in [-0.4, -0.2) is 5.11 Å². The number of hydrogen-bond donors (Lipinski definition) is 2. The zero-order valence-electron chi connectivity index (χ0n) is 9.30. The minimum Gasteiger partial charge on any atom is -0.386 e. The highest BCUT2D eigenvalue weighted by molar-refractivity contribution is 5.51. The Morgan fingerprint density at radius 3 is 2.00 bits per heavy atom. The van der Waals surface area contributed by atoms with Gasteiger partial charge in [-0.1, -0.05) is 48.5 Å². The number of aliphatic hydroxyl groups is 1. The van der Waals surface area contributed by atoms with Crippen LogP contribution in [0, 0.1) is 0 Å². The van der Waals surface area contributed by atoms with E-state index in [1.54, 1.807) is 0 Å². The lowest BCUT2D eigenvalue weighted by Crippen LogP contribution is -2.30. The van der Waals surface area contributed by atoms with Gasteiger partial charge in [0.15, 0.2) is 0 Å². The fraction of sp³-hybridized carbons (Fsp3) is 0.200. The lowest BCUT2D eigenvalue weighted by Gasteiger charge is -2.29. The molecule has 0 spiro atoms.